The van der Waals surface area contributed by atoms with E-state index < -0.39 is 22.3 Å². The van der Waals surface area contributed by atoms with Crippen LogP contribution in [0.25, 0.3) is 0 Å². The Kier molecular flexibility index (Phi) is 6.70. The summed E-state index contributed by atoms with van der Waals surface area (Å²) in [6.07, 6.45) is 0. The van der Waals surface area contributed by atoms with Gasteiger partial charge in [-0.15, -0.1) is 0 Å². The van der Waals surface area contributed by atoms with Gasteiger partial charge in [-0.3, -0.25) is 14.9 Å². The van der Waals surface area contributed by atoms with Crippen LogP contribution in [0, 0.1) is 15.9 Å². The van der Waals surface area contributed by atoms with Gasteiger partial charge in [0.15, 0.2) is 0 Å². The largest absolute Gasteiger partial charge is 0.378 e. The number of hydrogen-bond acceptors (Lipinski definition) is 5. The molecule has 0 bridgehead atoms. The van der Waals surface area contributed by atoms with Gasteiger partial charge in [-0.25, -0.2) is 0 Å². The van der Waals surface area contributed by atoms with E-state index in [1.165, 1.54) is 6.07 Å². The zero-order valence-corrected chi connectivity index (χ0v) is 12.0. The SMILES string of the molecule is CN(C)CCOCCNC(=O)c1ccc([N+](=O)[O-])c(F)c1. The van der Waals surface area contributed by atoms with Gasteiger partial charge in [-0.2, -0.15) is 4.39 Å². The Morgan fingerprint density at radius 3 is 2.71 bits per heavy atom. The van der Waals surface area contributed by atoms with Crippen molar-refractivity contribution in [3.63, 3.8) is 0 Å². The maximum Gasteiger partial charge on any atom is 0.304 e. The van der Waals surface area contributed by atoms with Gasteiger partial charge in [0.1, 0.15) is 0 Å². The minimum absolute atomic E-state index is 0.0337. The average Bonchev–Trinajstić information content (AvgIpc) is 2.41. The van der Waals surface area contributed by atoms with Crippen LogP contribution in [0.1, 0.15) is 10.4 Å². The monoisotopic (exact) mass is 299 g/mol. The third-order valence-electron chi connectivity index (χ3n) is 2.62. The van der Waals surface area contributed by atoms with Crippen molar-refractivity contribution in [1.29, 1.82) is 0 Å². The molecule has 1 aromatic rings. The lowest BCUT2D eigenvalue weighted by molar-refractivity contribution is -0.387. The summed E-state index contributed by atoms with van der Waals surface area (Å²) >= 11 is 0. The van der Waals surface area contributed by atoms with Crippen LogP contribution in [0.2, 0.25) is 0 Å². The van der Waals surface area contributed by atoms with Crippen LogP contribution in [0.5, 0.6) is 0 Å². The van der Waals surface area contributed by atoms with Crippen molar-refractivity contribution in [1.82, 2.24) is 10.2 Å². The number of amides is 1. The molecule has 1 N–H and O–H groups in total. The number of carbonyl (C=O) groups is 1. The van der Waals surface area contributed by atoms with Gasteiger partial charge in [-0.05, 0) is 26.2 Å². The lowest BCUT2D eigenvalue weighted by Crippen LogP contribution is -2.28. The molecule has 0 aliphatic carbocycles. The molecule has 0 heterocycles. The molecule has 0 atom stereocenters. The Balaban J connectivity index is 2.39. The number of rotatable bonds is 8. The van der Waals surface area contributed by atoms with Crippen molar-refractivity contribution in [3.8, 4) is 0 Å². The molecule has 0 fully saturated rings. The highest BCUT2D eigenvalue weighted by atomic mass is 19.1. The molecule has 8 heteroatoms. The van der Waals surface area contributed by atoms with Crippen molar-refractivity contribution < 1.29 is 18.8 Å². The maximum absolute atomic E-state index is 13.4. The van der Waals surface area contributed by atoms with E-state index in [4.69, 9.17) is 4.74 Å². The summed E-state index contributed by atoms with van der Waals surface area (Å²) in [5, 5.41) is 13.0. The molecule has 0 saturated heterocycles. The number of halogens is 1. The molecule has 0 aliphatic rings. The smallest absolute Gasteiger partial charge is 0.304 e. The van der Waals surface area contributed by atoms with E-state index >= 15 is 0 Å². The molecule has 1 aromatic carbocycles. The number of carbonyl (C=O) groups excluding carboxylic acids is 1. The zero-order chi connectivity index (χ0) is 15.8. The van der Waals surface area contributed by atoms with Crippen molar-refractivity contribution in [3.05, 3.63) is 39.7 Å². The molecule has 0 aromatic heterocycles. The molecule has 0 radical (unpaired) electrons. The van der Waals surface area contributed by atoms with Gasteiger partial charge in [0.05, 0.1) is 18.1 Å². The number of benzene rings is 1. The summed E-state index contributed by atoms with van der Waals surface area (Å²) in [4.78, 5) is 23.3. The fraction of sp³-hybridized carbons (Fsp3) is 0.462. The van der Waals surface area contributed by atoms with E-state index in [0.717, 1.165) is 18.7 Å². The van der Waals surface area contributed by atoms with Crippen molar-refractivity contribution in [2.45, 2.75) is 0 Å². The molecule has 7 nitrogen and oxygen atoms in total. The summed E-state index contributed by atoms with van der Waals surface area (Å²) < 4.78 is 18.7. The van der Waals surface area contributed by atoms with Crippen LogP contribution in [0.15, 0.2) is 18.2 Å². The van der Waals surface area contributed by atoms with Crippen LogP contribution in [0.3, 0.4) is 0 Å². The predicted molar refractivity (Wildman–Crippen MR) is 74.8 cm³/mol. The van der Waals surface area contributed by atoms with Crippen molar-refractivity contribution >= 4 is 11.6 Å². The average molecular weight is 299 g/mol. The van der Waals surface area contributed by atoms with E-state index in [2.05, 4.69) is 5.32 Å². The van der Waals surface area contributed by atoms with E-state index in [1.807, 2.05) is 19.0 Å². The second kappa shape index (κ2) is 8.28. The van der Waals surface area contributed by atoms with Gasteiger partial charge in [0.2, 0.25) is 5.82 Å². The summed E-state index contributed by atoms with van der Waals surface area (Å²) in [5.74, 6) is -1.53. The predicted octanol–water partition coefficient (Wildman–Crippen LogP) is 1.04. The van der Waals surface area contributed by atoms with E-state index in [9.17, 15) is 19.3 Å². The summed E-state index contributed by atoms with van der Waals surface area (Å²) in [6, 6.07) is 3.03. The molecular weight excluding hydrogens is 281 g/mol. The first-order valence-corrected chi connectivity index (χ1v) is 6.36. The quantitative estimate of drug-likeness (QED) is 0.440. The van der Waals surface area contributed by atoms with E-state index in [0.29, 0.717) is 13.2 Å². The minimum Gasteiger partial charge on any atom is -0.378 e. The normalized spacial score (nSPS) is 10.7. The molecule has 0 unspecified atom stereocenters. The highest BCUT2D eigenvalue weighted by Gasteiger charge is 2.16. The molecular formula is C13H18FN3O4. The highest BCUT2D eigenvalue weighted by molar-refractivity contribution is 5.94. The van der Waals surface area contributed by atoms with Crippen LogP contribution >= 0.6 is 0 Å². The van der Waals surface area contributed by atoms with Crippen LogP contribution in [-0.4, -0.2) is 56.1 Å². The molecule has 1 rings (SSSR count). The van der Waals surface area contributed by atoms with Crippen molar-refractivity contribution in [2.24, 2.45) is 0 Å². The lowest BCUT2D eigenvalue weighted by atomic mass is 10.2. The Morgan fingerprint density at radius 1 is 1.43 bits per heavy atom. The summed E-state index contributed by atoms with van der Waals surface area (Å²) in [7, 11) is 3.85. The van der Waals surface area contributed by atoms with Gasteiger partial charge in [0, 0.05) is 24.7 Å². The number of likely N-dealkylation sites (N-methyl/N-ethyl adjacent to an activating group) is 1. The zero-order valence-electron chi connectivity index (χ0n) is 12.0. The lowest BCUT2D eigenvalue weighted by Gasteiger charge is -2.10. The molecule has 0 spiro atoms. The van der Waals surface area contributed by atoms with Gasteiger partial charge < -0.3 is 15.0 Å². The van der Waals surface area contributed by atoms with Gasteiger partial charge >= 0.3 is 5.69 Å². The second-order valence-corrected chi connectivity index (χ2v) is 4.59. The Hall–Kier alpha value is -2.06. The Labute approximate surface area is 121 Å². The summed E-state index contributed by atoms with van der Waals surface area (Å²) in [6.45, 7) is 1.95. The molecule has 1 amide bonds. The Morgan fingerprint density at radius 2 is 2.14 bits per heavy atom. The second-order valence-electron chi connectivity index (χ2n) is 4.59. The van der Waals surface area contributed by atoms with E-state index in [1.54, 1.807) is 0 Å². The topological polar surface area (TPSA) is 84.7 Å². The first-order valence-electron chi connectivity index (χ1n) is 6.36. The number of nitrogens with zero attached hydrogens (tertiary/aromatic N) is 2. The molecule has 0 saturated carbocycles. The third-order valence-corrected chi connectivity index (χ3v) is 2.62. The van der Waals surface area contributed by atoms with Gasteiger partial charge in [-0.1, -0.05) is 0 Å². The molecule has 21 heavy (non-hydrogen) atoms. The number of nitro benzene ring substituents is 1. The van der Waals surface area contributed by atoms with Gasteiger partial charge in [0.25, 0.3) is 5.91 Å². The first-order chi connectivity index (χ1) is 9.91. The maximum atomic E-state index is 13.4. The van der Waals surface area contributed by atoms with Crippen LogP contribution in [0.4, 0.5) is 10.1 Å². The number of nitro groups is 1. The number of ether oxygens (including phenoxy) is 1. The fourth-order valence-corrected chi connectivity index (χ4v) is 1.48. The van der Waals surface area contributed by atoms with Crippen LogP contribution < -0.4 is 5.32 Å². The molecule has 0 aliphatic heterocycles. The fourth-order valence-electron chi connectivity index (χ4n) is 1.48. The van der Waals surface area contributed by atoms with Crippen LogP contribution in [-0.2, 0) is 4.74 Å². The summed E-state index contributed by atoms with van der Waals surface area (Å²) in [5.41, 5.74) is -0.620. The highest BCUT2D eigenvalue weighted by Crippen LogP contribution is 2.17. The Bertz CT molecular complexity index is 508. The van der Waals surface area contributed by atoms with Crippen molar-refractivity contribution in [2.75, 3.05) is 40.4 Å². The standard InChI is InChI=1S/C13H18FN3O4/c1-16(2)6-8-21-7-5-15-13(18)10-3-4-12(17(19)20)11(14)9-10/h3-4,9H,5-8H2,1-2H3,(H,15,18). The van der Waals surface area contributed by atoms with E-state index in [-0.39, 0.29) is 12.1 Å². The first kappa shape index (κ1) is 17.0. The third kappa shape index (κ3) is 5.84. The minimum atomic E-state index is -1.03. The number of hydrogen-bond donors (Lipinski definition) is 1. The molecule has 116 valence electrons. The number of nitrogens with one attached hydrogen (secondary N) is 1.